The first-order valence-corrected chi connectivity index (χ1v) is 8.46. The van der Waals surface area contributed by atoms with Gasteiger partial charge in [0.1, 0.15) is 5.75 Å². The number of benzene rings is 1. The number of carbonyl (C=O) groups is 3. The van der Waals surface area contributed by atoms with Crippen molar-refractivity contribution in [2.75, 3.05) is 6.61 Å². The van der Waals surface area contributed by atoms with Gasteiger partial charge in [-0.05, 0) is 43.5 Å². The Kier molecular flexibility index (Phi) is 6.64. The molecule has 1 saturated carbocycles. The lowest BCUT2D eigenvalue weighted by molar-refractivity contribution is -0.149. The van der Waals surface area contributed by atoms with Crippen LogP contribution in [0.5, 0.6) is 5.75 Å². The van der Waals surface area contributed by atoms with Crippen molar-refractivity contribution in [3.63, 3.8) is 0 Å². The van der Waals surface area contributed by atoms with Gasteiger partial charge in [0, 0.05) is 5.02 Å². The van der Waals surface area contributed by atoms with E-state index in [0.717, 1.165) is 18.4 Å². The minimum atomic E-state index is -0.979. The van der Waals surface area contributed by atoms with Gasteiger partial charge < -0.3 is 9.84 Å². The van der Waals surface area contributed by atoms with Crippen LogP contribution in [0.2, 0.25) is 5.02 Å². The van der Waals surface area contributed by atoms with Crippen molar-refractivity contribution in [3.8, 4) is 5.75 Å². The molecule has 0 bridgehead atoms. The molecule has 136 valence electrons. The van der Waals surface area contributed by atoms with Crippen molar-refractivity contribution >= 4 is 29.4 Å². The number of carbonyl (C=O) groups excluding carboxylic acids is 2. The minimum absolute atomic E-state index is 0.282. The summed E-state index contributed by atoms with van der Waals surface area (Å²) in [6.45, 7) is 1.52. The molecule has 0 aromatic heterocycles. The molecule has 1 unspecified atom stereocenters. The van der Waals surface area contributed by atoms with E-state index in [1.165, 1.54) is 0 Å². The molecule has 2 rings (SSSR count). The van der Waals surface area contributed by atoms with Gasteiger partial charge in [-0.25, -0.2) is 0 Å². The van der Waals surface area contributed by atoms with Crippen molar-refractivity contribution in [1.29, 1.82) is 0 Å². The monoisotopic (exact) mass is 368 g/mol. The number of hydrogen-bond donors (Lipinski definition) is 3. The largest absolute Gasteiger partial charge is 0.483 e. The van der Waals surface area contributed by atoms with Gasteiger partial charge in [-0.15, -0.1) is 0 Å². The summed E-state index contributed by atoms with van der Waals surface area (Å²) in [6.07, 6.45) is 2.57. The lowest BCUT2D eigenvalue weighted by Gasteiger charge is -2.27. The van der Waals surface area contributed by atoms with Gasteiger partial charge >= 0.3 is 5.97 Å². The van der Waals surface area contributed by atoms with E-state index in [2.05, 4.69) is 10.9 Å². The van der Waals surface area contributed by atoms with Crippen LogP contribution >= 0.6 is 11.6 Å². The van der Waals surface area contributed by atoms with Gasteiger partial charge in [-0.3, -0.25) is 25.2 Å². The van der Waals surface area contributed by atoms with Crippen LogP contribution in [0.1, 0.15) is 31.2 Å². The fourth-order valence-corrected chi connectivity index (χ4v) is 3.15. The number of hydrazine groups is 1. The predicted molar refractivity (Wildman–Crippen MR) is 91.1 cm³/mol. The second-order valence-corrected chi connectivity index (χ2v) is 6.51. The second kappa shape index (κ2) is 8.71. The molecule has 8 heteroatoms. The Hall–Kier alpha value is -2.28. The Morgan fingerprint density at radius 2 is 1.88 bits per heavy atom. The zero-order chi connectivity index (χ0) is 18.4. The molecule has 1 fully saturated rings. The number of carboxylic acids is 1. The zero-order valence-electron chi connectivity index (χ0n) is 13.9. The first-order valence-electron chi connectivity index (χ1n) is 8.09. The summed E-state index contributed by atoms with van der Waals surface area (Å²) < 4.78 is 5.37. The molecule has 2 amide bonds. The summed E-state index contributed by atoms with van der Waals surface area (Å²) in [5.41, 5.74) is 5.34. The number of ether oxygens (including phenoxy) is 1. The first-order chi connectivity index (χ1) is 11.9. The van der Waals surface area contributed by atoms with Crippen LogP contribution in [0.15, 0.2) is 18.2 Å². The van der Waals surface area contributed by atoms with Gasteiger partial charge in [-0.1, -0.05) is 24.4 Å². The highest BCUT2D eigenvalue weighted by atomic mass is 35.5. The topological polar surface area (TPSA) is 105 Å². The number of halogens is 1. The maximum atomic E-state index is 12.1. The normalized spacial score (nSPS) is 19.8. The Bertz CT molecular complexity index is 664. The lowest BCUT2D eigenvalue weighted by atomic mass is 9.79. The number of rotatable bonds is 5. The molecule has 0 aliphatic heterocycles. The molecule has 3 N–H and O–H groups in total. The molecule has 0 saturated heterocycles. The van der Waals surface area contributed by atoms with Crippen LogP contribution in [-0.2, 0) is 14.4 Å². The minimum Gasteiger partial charge on any atom is -0.483 e. The smallest absolute Gasteiger partial charge is 0.307 e. The van der Waals surface area contributed by atoms with E-state index in [0.29, 0.717) is 23.6 Å². The highest BCUT2D eigenvalue weighted by Crippen LogP contribution is 2.30. The number of nitrogens with one attached hydrogen (secondary N) is 2. The average Bonchev–Trinajstić information content (AvgIpc) is 2.58. The quantitative estimate of drug-likeness (QED) is 0.690. The molecule has 1 aromatic carbocycles. The van der Waals surface area contributed by atoms with Crippen LogP contribution in [0.4, 0.5) is 0 Å². The molecular formula is C17H21ClN2O5. The lowest BCUT2D eigenvalue weighted by Crippen LogP contribution is -2.49. The van der Waals surface area contributed by atoms with Gasteiger partial charge in [0.25, 0.3) is 5.91 Å². The van der Waals surface area contributed by atoms with Crippen LogP contribution in [0.25, 0.3) is 0 Å². The van der Waals surface area contributed by atoms with Crippen LogP contribution in [0.3, 0.4) is 0 Å². The molecule has 0 spiro atoms. The van der Waals surface area contributed by atoms with Crippen molar-refractivity contribution in [2.45, 2.75) is 32.6 Å². The Balaban J connectivity index is 1.80. The molecule has 0 heterocycles. The summed E-state index contributed by atoms with van der Waals surface area (Å²) in [6, 6.07) is 5.02. The van der Waals surface area contributed by atoms with E-state index in [4.69, 9.17) is 16.3 Å². The number of aryl methyl sites for hydroxylation is 1. The van der Waals surface area contributed by atoms with Crippen LogP contribution in [0, 0.1) is 18.8 Å². The summed E-state index contributed by atoms with van der Waals surface area (Å²) in [5.74, 6) is -2.82. The average molecular weight is 369 g/mol. The van der Waals surface area contributed by atoms with E-state index in [1.807, 2.05) is 0 Å². The Morgan fingerprint density at radius 3 is 2.52 bits per heavy atom. The SMILES string of the molecule is Cc1cc(Cl)ccc1OCC(=O)NNC(=O)C1CCCC[C@@H]1C(=O)O. The molecule has 0 radical (unpaired) electrons. The molecule has 25 heavy (non-hydrogen) atoms. The molecule has 1 aromatic rings. The molecule has 7 nitrogen and oxygen atoms in total. The fourth-order valence-electron chi connectivity index (χ4n) is 2.92. The number of hydrogen-bond acceptors (Lipinski definition) is 4. The first kappa shape index (κ1) is 19.1. The maximum absolute atomic E-state index is 12.1. The third-order valence-electron chi connectivity index (χ3n) is 4.24. The van der Waals surface area contributed by atoms with E-state index in [-0.39, 0.29) is 6.61 Å². The van der Waals surface area contributed by atoms with E-state index in [1.54, 1.807) is 25.1 Å². The van der Waals surface area contributed by atoms with E-state index >= 15 is 0 Å². The summed E-state index contributed by atoms with van der Waals surface area (Å²) in [7, 11) is 0. The summed E-state index contributed by atoms with van der Waals surface area (Å²) in [5, 5.41) is 9.77. The molecule has 1 aliphatic rings. The van der Waals surface area contributed by atoms with Gasteiger partial charge in [0.05, 0.1) is 11.8 Å². The molecule has 2 atom stereocenters. The number of amides is 2. The van der Waals surface area contributed by atoms with E-state index in [9.17, 15) is 19.5 Å². The fraction of sp³-hybridized carbons (Fsp3) is 0.471. The summed E-state index contributed by atoms with van der Waals surface area (Å²) in [4.78, 5) is 35.2. The Morgan fingerprint density at radius 1 is 1.20 bits per heavy atom. The molecular weight excluding hydrogens is 348 g/mol. The van der Waals surface area contributed by atoms with Crippen LogP contribution < -0.4 is 15.6 Å². The van der Waals surface area contributed by atoms with E-state index < -0.39 is 29.6 Å². The van der Waals surface area contributed by atoms with Crippen molar-refractivity contribution in [1.82, 2.24) is 10.9 Å². The van der Waals surface area contributed by atoms with Gasteiger partial charge in [0.2, 0.25) is 5.91 Å². The zero-order valence-corrected chi connectivity index (χ0v) is 14.6. The van der Waals surface area contributed by atoms with Crippen LogP contribution in [-0.4, -0.2) is 29.5 Å². The van der Waals surface area contributed by atoms with Gasteiger partial charge in [0.15, 0.2) is 6.61 Å². The molecule has 1 aliphatic carbocycles. The van der Waals surface area contributed by atoms with Crippen molar-refractivity contribution in [3.05, 3.63) is 28.8 Å². The third kappa shape index (κ3) is 5.35. The van der Waals surface area contributed by atoms with Crippen molar-refractivity contribution in [2.24, 2.45) is 11.8 Å². The number of carboxylic acid groups (broad SMARTS) is 1. The number of aliphatic carboxylic acids is 1. The standard InChI is InChI=1S/C17H21ClN2O5/c1-10-8-11(18)6-7-14(10)25-9-15(21)19-20-16(22)12-4-2-3-5-13(12)17(23)24/h6-8,12-13H,2-5,9H2,1H3,(H,19,21)(H,20,22)(H,23,24)/t12?,13-/m0/s1. The highest BCUT2D eigenvalue weighted by Gasteiger charge is 2.35. The maximum Gasteiger partial charge on any atom is 0.307 e. The third-order valence-corrected chi connectivity index (χ3v) is 4.48. The van der Waals surface area contributed by atoms with Gasteiger partial charge in [-0.2, -0.15) is 0 Å². The Labute approximate surface area is 150 Å². The second-order valence-electron chi connectivity index (χ2n) is 6.07. The van der Waals surface area contributed by atoms with Crippen molar-refractivity contribution < 1.29 is 24.2 Å². The predicted octanol–water partition coefficient (Wildman–Crippen LogP) is 2.07. The summed E-state index contributed by atoms with van der Waals surface area (Å²) >= 11 is 5.85. The highest BCUT2D eigenvalue weighted by molar-refractivity contribution is 6.30.